The van der Waals surface area contributed by atoms with Crippen LogP contribution in [0.3, 0.4) is 0 Å². The van der Waals surface area contributed by atoms with Crippen molar-refractivity contribution in [3.63, 3.8) is 0 Å². The van der Waals surface area contributed by atoms with Crippen LogP contribution >= 0.6 is 25.2 Å². The van der Waals surface area contributed by atoms with E-state index in [1.807, 2.05) is 26.0 Å². The third-order valence-corrected chi connectivity index (χ3v) is 3.44. The van der Waals surface area contributed by atoms with Gasteiger partial charge in [-0.25, -0.2) is 4.79 Å². The molecule has 0 radical (unpaired) electrons. The van der Waals surface area contributed by atoms with E-state index >= 15 is 0 Å². The molecule has 0 bridgehead atoms. The van der Waals surface area contributed by atoms with E-state index in [2.05, 4.69) is 41.1 Å². The zero-order valence-corrected chi connectivity index (χ0v) is 14.9. The van der Waals surface area contributed by atoms with Crippen LogP contribution in [0.15, 0.2) is 28.7 Å². The molecule has 1 rings (SSSR count). The van der Waals surface area contributed by atoms with Crippen molar-refractivity contribution in [1.82, 2.24) is 10.6 Å². The Hall–Kier alpha value is -1.13. The average molecular weight is 374 g/mol. The number of carbonyl (C=O) groups excluding carboxylic acids is 2. The van der Waals surface area contributed by atoms with Crippen LogP contribution in [0.1, 0.15) is 20.3 Å². The SMILES string of the molecule is CC(C)C[C@H](NC(=O)Nc1ccc(Br)cc1)C(=O)NCP. The highest BCUT2D eigenvalue weighted by molar-refractivity contribution is 9.10. The fourth-order valence-corrected chi connectivity index (χ4v) is 2.25. The highest BCUT2D eigenvalue weighted by Gasteiger charge is 2.21. The topological polar surface area (TPSA) is 70.2 Å². The second-order valence-corrected chi connectivity index (χ2v) is 6.36. The molecule has 5 nitrogen and oxygen atoms in total. The summed E-state index contributed by atoms with van der Waals surface area (Å²) in [6.45, 7) is 4.02. The lowest BCUT2D eigenvalue weighted by Crippen LogP contribution is -2.48. The van der Waals surface area contributed by atoms with Gasteiger partial charge in [-0.05, 0) is 36.6 Å². The van der Waals surface area contributed by atoms with Crippen LogP contribution in [0.2, 0.25) is 0 Å². The third-order valence-electron chi connectivity index (χ3n) is 2.71. The number of urea groups is 1. The Balaban J connectivity index is 2.62. The normalized spacial score (nSPS) is 11.9. The molecule has 0 aliphatic carbocycles. The van der Waals surface area contributed by atoms with Crippen LogP contribution < -0.4 is 16.0 Å². The molecule has 0 aliphatic heterocycles. The molecule has 21 heavy (non-hydrogen) atoms. The molecule has 7 heteroatoms. The Morgan fingerprint density at radius 1 is 1.24 bits per heavy atom. The second-order valence-electron chi connectivity index (χ2n) is 5.03. The summed E-state index contributed by atoms with van der Waals surface area (Å²) in [6.07, 6.45) is 1.05. The monoisotopic (exact) mass is 373 g/mol. The summed E-state index contributed by atoms with van der Waals surface area (Å²) in [7, 11) is 2.43. The van der Waals surface area contributed by atoms with Crippen LogP contribution in [0.4, 0.5) is 10.5 Å². The van der Waals surface area contributed by atoms with Crippen LogP contribution in [0, 0.1) is 5.92 Å². The van der Waals surface area contributed by atoms with Gasteiger partial charge in [-0.3, -0.25) is 4.79 Å². The van der Waals surface area contributed by atoms with Crippen molar-refractivity contribution in [2.45, 2.75) is 26.3 Å². The predicted octanol–water partition coefficient (Wildman–Crippen LogP) is 2.93. The summed E-state index contributed by atoms with van der Waals surface area (Å²) in [5, 5.41) is 8.13. The Labute approximate surface area is 136 Å². The highest BCUT2D eigenvalue weighted by Crippen LogP contribution is 2.14. The number of rotatable bonds is 6. The molecule has 116 valence electrons. The molecule has 1 aromatic rings. The number of nitrogens with one attached hydrogen (secondary N) is 3. The summed E-state index contributed by atoms with van der Waals surface area (Å²) in [4.78, 5) is 23.9. The fourth-order valence-electron chi connectivity index (χ4n) is 1.79. The van der Waals surface area contributed by atoms with E-state index in [0.29, 0.717) is 24.3 Å². The molecule has 0 saturated heterocycles. The highest BCUT2D eigenvalue weighted by atomic mass is 79.9. The lowest BCUT2D eigenvalue weighted by Gasteiger charge is -2.20. The van der Waals surface area contributed by atoms with Crippen molar-refractivity contribution < 1.29 is 9.59 Å². The third kappa shape index (κ3) is 6.91. The van der Waals surface area contributed by atoms with Crippen molar-refractivity contribution in [2.24, 2.45) is 5.92 Å². The molecule has 3 N–H and O–H groups in total. The summed E-state index contributed by atoms with van der Waals surface area (Å²) >= 11 is 3.33. The quantitative estimate of drug-likeness (QED) is 0.671. The summed E-state index contributed by atoms with van der Waals surface area (Å²) in [6, 6.07) is 6.31. The first-order valence-electron chi connectivity index (χ1n) is 6.73. The first-order chi connectivity index (χ1) is 9.92. The first kappa shape index (κ1) is 17.9. The number of carbonyl (C=O) groups is 2. The smallest absolute Gasteiger partial charge is 0.319 e. The van der Waals surface area contributed by atoms with E-state index in [1.54, 1.807) is 12.1 Å². The first-order valence-corrected chi connectivity index (χ1v) is 8.34. The molecular formula is C14H21BrN3O2P. The lowest BCUT2D eigenvalue weighted by molar-refractivity contribution is -0.122. The van der Waals surface area contributed by atoms with Gasteiger partial charge in [-0.2, -0.15) is 0 Å². The Kier molecular flexibility index (Phi) is 7.68. The molecule has 0 saturated carbocycles. The lowest BCUT2D eigenvalue weighted by atomic mass is 10.0. The van der Waals surface area contributed by atoms with Gasteiger partial charge in [-0.15, -0.1) is 9.24 Å². The summed E-state index contributed by atoms with van der Waals surface area (Å²) in [5.41, 5.74) is 0.672. The van der Waals surface area contributed by atoms with E-state index in [9.17, 15) is 9.59 Å². The number of amides is 3. The van der Waals surface area contributed by atoms with Crippen LogP contribution in [-0.4, -0.2) is 24.3 Å². The molecule has 0 aliphatic rings. The van der Waals surface area contributed by atoms with E-state index in [4.69, 9.17) is 0 Å². The van der Waals surface area contributed by atoms with Gasteiger partial charge in [0.2, 0.25) is 5.91 Å². The molecule has 1 unspecified atom stereocenters. The van der Waals surface area contributed by atoms with Crippen molar-refractivity contribution in [3.05, 3.63) is 28.7 Å². The zero-order chi connectivity index (χ0) is 15.8. The maximum Gasteiger partial charge on any atom is 0.319 e. The largest absolute Gasteiger partial charge is 0.351 e. The Morgan fingerprint density at radius 2 is 1.86 bits per heavy atom. The van der Waals surface area contributed by atoms with Gasteiger partial charge in [0.15, 0.2) is 0 Å². The van der Waals surface area contributed by atoms with Crippen LogP contribution in [-0.2, 0) is 4.79 Å². The van der Waals surface area contributed by atoms with Gasteiger partial charge in [0, 0.05) is 16.4 Å². The van der Waals surface area contributed by atoms with Gasteiger partial charge in [0.1, 0.15) is 6.04 Å². The fraction of sp³-hybridized carbons (Fsp3) is 0.429. The average Bonchev–Trinajstić information content (AvgIpc) is 2.40. The molecular weight excluding hydrogens is 353 g/mol. The number of halogens is 1. The molecule has 0 heterocycles. The summed E-state index contributed by atoms with van der Waals surface area (Å²) in [5.74, 6) is 0.128. The minimum absolute atomic E-state index is 0.176. The Bertz CT molecular complexity index is 480. The second kappa shape index (κ2) is 9.00. The van der Waals surface area contributed by atoms with Gasteiger partial charge >= 0.3 is 6.03 Å². The van der Waals surface area contributed by atoms with E-state index in [-0.39, 0.29) is 11.9 Å². The van der Waals surface area contributed by atoms with Crippen molar-refractivity contribution in [3.8, 4) is 0 Å². The molecule has 0 fully saturated rings. The van der Waals surface area contributed by atoms with Gasteiger partial charge < -0.3 is 16.0 Å². The zero-order valence-electron chi connectivity index (χ0n) is 12.2. The van der Waals surface area contributed by atoms with Gasteiger partial charge in [-0.1, -0.05) is 29.8 Å². The van der Waals surface area contributed by atoms with E-state index < -0.39 is 6.04 Å². The number of hydrogen-bond acceptors (Lipinski definition) is 2. The van der Waals surface area contributed by atoms with E-state index in [0.717, 1.165) is 4.47 Å². The van der Waals surface area contributed by atoms with Crippen molar-refractivity contribution in [1.29, 1.82) is 0 Å². The van der Waals surface area contributed by atoms with E-state index in [1.165, 1.54) is 0 Å². The maximum absolute atomic E-state index is 12.0. The molecule has 3 amide bonds. The standard InChI is InChI=1S/C14H21BrN3O2P/c1-9(2)7-12(13(19)16-8-21)18-14(20)17-11-5-3-10(15)4-6-11/h3-6,9,12H,7-8,21H2,1-2H3,(H,16,19)(H2,17,18,20)/t12-/m0/s1. The molecule has 2 atom stereocenters. The maximum atomic E-state index is 12.0. The number of anilines is 1. The molecule has 1 aromatic carbocycles. The minimum atomic E-state index is -0.541. The Morgan fingerprint density at radius 3 is 2.38 bits per heavy atom. The number of benzene rings is 1. The molecule has 0 aromatic heterocycles. The van der Waals surface area contributed by atoms with Crippen LogP contribution in [0.25, 0.3) is 0 Å². The van der Waals surface area contributed by atoms with Crippen molar-refractivity contribution >= 4 is 42.8 Å². The summed E-state index contributed by atoms with van der Waals surface area (Å²) < 4.78 is 0.936. The van der Waals surface area contributed by atoms with Gasteiger partial charge in [0.05, 0.1) is 0 Å². The van der Waals surface area contributed by atoms with Crippen LogP contribution in [0.5, 0.6) is 0 Å². The molecule has 0 spiro atoms. The van der Waals surface area contributed by atoms with Crippen molar-refractivity contribution in [2.75, 3.05) is 11.6 Å². The predicted molar refractivity (Wildman–Crippen MR) is 92.3 cm³/mol. The minimum Gasteiger partial charge on any atom is -0.351 e. The van der Waals surface area contributed by atoms with Gasteiger partial charge in [0.25, 0.3) is 0 Å². The number of hydrogen-bond donors (Lipinski definition) is 3.